The number of benzene rings is 1. The van der Waals surface area contributed by atoms with Gasteiger partial charge in [0.25, 0.3) is 5.69 Å². The van der Waals surface area contributed by atoms with Crippen LogP contribution in [0, 0.1) is 21.4 Å². The molecule has 0 unspecified atom stereocenters. The number of carbonyl (C=O) groups excluding carboxylic acids is 1. The summed E-state index contributed by atoms with van der Waals surface area (Å²) in [5, 5.41) is 19.8. The first-order chi connectivity index (χ1) is 8.01. The molecule has 6 nitrogen and oxygen atoms in total. The van der Waals surface area contributed by atoms with Crippen LogP contribution in [0.1, 0.15) is 11.5 Å². The highest BCUT2D eigenvalue weighted by Gasteiger charge is 2.29. The van der Waals surface area contributed by atoms with Gasteiger partial charge in [-0.25, -0.2) is 0 Å². The molecule has 0 bridgehead atoms. The van der Waals surface area contributed by atoms with Crippen molar-refractivity contribution in [3.8, 4) is 6.07 Å². The van der Waals surface area contributed by atoms with E-state index in [0.29, 0.717) is 0 Å². The van der Waals surface area contributed by atoms with Crippen LogP contribution in [0.15, 0.2) is 18.2 Å². The zero-order chi connectivity index (χ0) is 13.0. The fraction of sp³-hybridized carbons (Fsp3) is 0.200. The van der Waals surface area contributed by atoms with Crippen LogP contribution in [0.2, 0.25) is 5.02 Å². The van der Waals surface area contributed by atoms with Crippen LogP contribution < -0.4 is 0 Å². The predicted octanol–water partition coefficient (Wildman–Crippen LogP) is 2.03. The number of nitro groups is 1. The molecule has 1 aromatic rings. The van der Waals surface area contributed by atoms with Crippen LogP contribution in [-0.4, -0.2) is 18.0 Å². The van der Waals surface area contributed by atoms with Crippen molar-refractivity contribution in [1.29, 1.82) is 5.26 Å². The van der Waals surface area contributed by atoms with Gasteiger partial charge in [0.1, 0.15) is 0 Å². The van der Waals surface area contributed by atoms with Crippen molar-refractivity contribution in [3.05, 3.63) is 38.9 Å². The van der Waals surface area contributed by atoms with Crippen LogP contribution >= 0.6 is 11.6 Å². The highest BCUT2D eigenvalue weighted by atomic mass is 35.5. The second-order valence-corrected chi connectivity index (χ2v) is 3.48. The number of hydrogen-bond donors (Lipinski definition) is 0. The summed E-state index contributed by atoms with van der Waals surface area (Å²) in [4.78, 5) is 21.4. The monoisotopic (exact) mass is 254 g/mol. The minimum atomic E-state index is -1.36. The summed E-state index contributed by atoms with van der Waals surface area (Å²) < 4.78 is 4.41. The van der Waals surface area contributed by atoms with E-state index < -0.39 is 16.8 Å². The van der Waals surface area contributed by atoms with Gasteiger partial charge in [-0.3, -0.25) is 14.9 Å². The summed E-state index contributed by atoms with van der Waals surface area (Å²) in [5.74, 6) is -2.23. The molecule has 0 aromatic heterocycles. The number of nitro benzene ring substituents is 1. The van der Waals surface area contributed by atoms with Gasteiger partial charge in [0.05, 0.1) is 23.7 Å². The Bertz CT molecular complexity index is 510. The summed E-state index contributed by atoms with van der Waals surface area (Å²) in [6.45, 7) is 0. The summed E-state index contributed by atoms with van der Waals surface area (Å²) in [6.07, 6.45) is 0. The molecular formula is C10H7ClN2O4. The first kappa shape index (κ1) is 12.9. The van der Waals surface area contributed by atoms with Crippen LogP contribution in [0.25, 0.3) is 0 Å². The standard InChI is InChI=1S/C10H7ClN2O4/c1-17-10(14)8(5-12)7-4-6(11)2-3-9(7)13(15)16/h2-4,8H,1H3/t8-/m0/s1. The van der Waals surface area contributed by atoms with E-state index in [9.17, 15) is 14.9 Å². The third kappa shape index (κ3) is 2.71. The Morgan fingerprint density at radius 2 is 2.29 bits per heavy atom. The number of hydrogen-bond acceptors (Lipinski definition) is 5. The second-order valence-electron chi connectivity index (χ2n) is 3.05. The SMILES string of the molecule is COC(=O)[C@@H](C#N)c1cc(Cl)ccc1[N+](=O)[O-]. The quantitative estimate of drug-likeness (QED) is 0.467. The molecule has 0 spiro atoms. The first-order valence-corrected chi connectivity index (χ1v) is 4.80. The third-order valence-electron chi connectivity index (χ3n) is 2.06. The van der Waals surface area contributed by atoms with Crippen LogP contribution in [0.5, 0.6) is 0 Å². The fourth-order valence-corrected chi connectivity index (χ4v) is 1.47. The van der Waals surface area contributed by atoms with Crippen molar-refractivity contribution < 1.29 is 14.5 Å². The molecule has 1 aromatic carbocycles. The topological polar surface area (TPSA) is 93.2 Å². The Balaban J connectivity index is 3.37. The molecule has 1 atom stereocenters. The van der Waals surface area contributed by atoms with Gasteiger partial charge in [-0.1, -0.05) is 11.6 Å². The number of carbonyl (C=O) groups is 1. The minimum absolute atomic E-state index is 0.0724. The van der Waals surface area contributed by atoms with Crippen molar-refractivity contribution in [2.24, 2.45) is 0 Å². The van der Waals surface area contributed by atoms with Gasteiger partial charge >= 0.3 is 5.97 Å². The van der Waals surface area contributed by atoms with Crippen LogP contribution in [0.4, 0.5) is 5.69 Å². The molecule has 0 aliphatic heterocycles. The van der Waals surface area contributed by atoms with Crippen LogP contribution in [0.3, 0.4) is 0 Å². The number of esters is 1. The van der Waals surface area contributed by atoms with Crippen molar-refractivity contribution in [3.63, 3.8) is 0 Å². The smallest absolute Gasteiger partial charge is 0.327 e. The summed E-state index contributed by atoms with van der Waals surface area (Å²) in [7, 11) is 1.10. The molecule has 7 heteroatoms. The lowest BCUT2D eigenvalue weighted by molar-refractivity contribution is -0.385. The van der Waals surface area contributed by atoms with E-state index in [1.54, 1.807) is 6.07 Å². The molecule has 17 heavy (non-hydrogen) atoms. The average Bonchev–Trinajstić information content (AvgIpc) is 2.29. The Hall–Kier alpha value is -2.13. The largest absolute Gasteiger partial charge is 0.468 e. The van der Waals surface area contributed by atoms with Gasteiger partial charge in [-0.05, 0) is 12.1 Å². The molecule has 0 aliphatic carbocycles. The molecule has 1 rings (SSSR count). The molecule has 0 aliphatic rings. The zero-order valence-corrected chi connectivity index (χ0v) is 9.47. The molecule has 0 fully saturated rings. The van der Waals surface area contributed by atoms with Gasteiger partial charge in [0.15, 0.2) is 5.92 Å². The molecule has 0 heterocycles. The maximum atomic E-state index is 11.3. The summed E-state index contributed by atoms with van der Waals surface area (Å²) in [5.41, 5.74) is -0.414. The van der Waals surface area contributed by atoms with E-state index in [4.69, 9.17) is 16.9 Å². The molecular weight excluding hydrogens is 248 g/mol. The van der Waals surface area contributed by atoms with Gasteiger partial charge < -0.3 is 4.74 Å². The van der Waals surface area contributed by atoms with E-state index in [1.807, 2.05) is 0 Å². The van der Waals surface area contributed by atoms with Crippen molar-refractivity contribution in [2.75, 3.05) is 7.11 Å². The number of methoxy groups -OCH3 is 1. The van der Waals surface area contributed by atoms with Gasteiger partial charge in [0, 0.05) is 11.1 Å². The molecule has 0 N–H and O–H groups in total. The van der Waals surface area contributed by atoms with Crippen LogP contribution in [-0.2, 0) is 9.53 Å². The Morgan fingerprint density at radius 1 is 1.65 bits per heavy atom. The maximum absolute atomic E-state index is 11.3. The Morgan fingerprint density at radius 3 is 2.76 bits per heavy atom. The Labute approximate surface area is 102 Å². The molecule has 0 saturated carbocycles. The molecule has 0 saturated heterocycles. The number of rotatable bonds is 3. The third-order valence-corrected chi connectivity index (χ3v) is 2.30. The van der Waals surface area contributed by atoms with E-state index in [1.165, 1.54) is 12.1 Å². The normalized spacial score (nSPS) is 11.4. The lowest BCUT2D eigenvalue weighted by Crippen LogP contribution is -2.14. The lowest BCUT2D eigenvalue weighted by atomic mass is 9.99. The van der Waals surface area contributed by atoms with Gasteiger partial charge in [-0.2, -0.15) is 5.26 Å². The Kier molecular flexibility index (Phi) is 4.01. The van der Waals surface area contributed by atoms with Crippen molar-refractivity contribution in [2.45, 2.75) is 5.92 Å². The zero-order valence-electron chi connectivity index (χ0n) is 8.71. The highest BCUT2D eigenvalue weighted by molar-refractivity contribution is 6.30. The fourth-order valence-electron chi connectivity index (χ4n) is 1.29. The van der Waals surface area contributed by atoms with E-state index >= 15 is 0 Å². The van der Waals surface area contributed by atoms with Crippen molar-refractivity contribution >= 4 is 23.3 Å². The number of halogens is 1. The lowest BCUT2D eigenvalue weighted by Gasteiger charge is -2.07. The minimum Gasteiger partial charge on any atom is -0.468 e. The molecule has 88 valence electrons. The molecule has 0 amide bonds. The van der Waals surface area contributed by atoms with E-state index in [2.05, 4.69) is 4.74 Å². The van der Waals surface area contributed by atoms with Crippen molar-refractivity contribution in [1.82, 2.24) is 0 Å². The van der Waals surface area contributed by atoms with E-state index in [0.717, 1.165) is 13.2 Å². The number of nitrogens with zero attached hydrogens (tertiary/aromatic N) is 2. The average molecular weight is 255 g/mol. The van der Waals surface area contributed by atoms with E-state index in [-0.39, 0.29) is 16.3 Å². The highest BCUT2D eigenvalue weighted by Crippen LogP contribution is 2.29. The molecule has 0 radical (unpaired) electrons. The summed E-state index contributed by atoms with van der Waals surface area (Å²) in [6, 6.07) is 5.32. The predicted molar refractivity (Wildman–Crippen MR) is 58.5 cm³/mol. The summed E-state index contributed by atoms with van der Waals surface area (Å²) >= 11 is 5.69. The van der Waals surface area contributed by atoms with Gasteiger partial charge in [0.2, 0.25) is 0 Å². The number of ether oxygens (including phenoxy) is 1. The van der Waals surface area contributed by atoms with Gasteiger partial charge in [-0.15, -0.1) is 0 Å². The maximum Gasteiger partial charge on any atom is 0.327 e. The first-order valence-electron chi connectivity index (χ1n) is 4.42. The number of nitriles is 1. The second kappa shape index (κ2) is 5.27.